The Labute approximate surface area is 193 Å². The van der Waals surface area contributed by atoms with E-state index in [0.717, 1.165) is 42.4 Å². The Bertz CT molecular complexity index is 1390. The molecule has 0 aliphatic carbocycles. The SMILES string of the molecule is O=C(NN1CCCCC1)c1ccc(S(=O)(=O)n2cc(-c3ccccc3)c3ccccc32)cc1. The highest BCUT2D eigenvalue weighted by molar-refractivity contribution is 7.90. The predicted octanol–water partition coefficient (Wildman–Crippen LogP) is 4.68. The number of fused-ring (bicyclic) bond motifs is 1. The molecule has 1 amide bonds. The van der Waals surface area contributed by atoms with E-state index in [4.69, 9.17) is 0 Å². The zero-order valence-corrected chi connectivity index (χ0v) is 19.0. The van der Waals surface area contributed by atoms with Crippen LogP contribution in [0, 0.1) is 0 Å². The normalized spacial score (nSPS) is 14.9. The second-order valence-electron chi connectivity index (χ2n) is 8.24. The molecule has 1 saturated heterocycles. The minimum Gasteiger partial charge on any atom is -0.285 e. The molecule has 2 heterocycles. The zero-order valence-electron chi connectivity index (χ0n) is 18.1. The smallest absolute Gasteiger partial charge is 0.268 e. The number of para-hydroxylation sites is 1. The van der Waals surface area contributed by atoms with Crippen LogP contribution in [0.15, 0.2) is 90.0 Å². The molecule has 1 aliphatic rings. The average molecular weight is 460 g/mol. The van der Waals surface area contributed by atoms with Crippen molar-refractivity contribution in [2.75, 3.05) is 13.1 Å². The number of carbonyl (C=O) groups is 1. The van der Waals surface area contributed by atoms with E-state index in [1.54, 1.807) is 24.4 Å². The zero-order chi connectivity index (χ0) is 22.8. The van der Waals surface area contributed by atoms with Crippen LogP contribution in [-0.2, 0) is 10.0 Å². The van der Waals surface area contributed by atoms with Gasteiger partial charge in [0.25, 0.3) is 15.9 Å². The molecule has 3 aromatic carbocycles. The number of piperidine rings is 1. The summed E-state index contributed by atoms with van der Waals surface area (Å²) in [4.78, 5) is 12.7. The number of nitrogens with one attached hydrogen (secondary N) is 1. The fourth-order valence-electron chi connectivity index (χ4n) is 4.30. The second kappa shape index (κ2) is 8.84. The molecule has 5 rings (SSSR count). The van der Waals surface area contributed by atoms with Gasteiger partial charge in [-0.25, -0.2) is 17.4 Å². The highest BCUT2D eigenvalue weighted by atomic mass is 32.2. The number of hydrazine groups is 1. The van der Waals surface area contributed by atoms with E-state index >= 15 is 0 Å². The number of rotatable bonds is 5. The first-order valence-electron chi connectivity index (χ1n) is 11.1. The molecule has 7 heteroatoms. The summed E-state index contributed by atoms with van der Waals surface area (Å²) in [5.41, 5.74) is 5.76. The molecule has 4 aromatic rings. The molecule has 33 heavy (non-hydrogen) atoms. The lowest BCUT2D eigenvalue weighted by Gasteiger charge is -2.26. The monoisotopic (exact) mass is 459 g/mol. The molecule has 1 N–H and O–H groups in total. The van der Waals surface area contributed by atoms with Gasteiger partial charge >= 0.3 is 0 Å². The van der Waals surface area contributed by atoms with Crippen LogP contribution in [0.4, 0.5) is 0 Å². The summed E-state index contributed by atoms with van der Waals surface area (Å²) in [6, 6.07) is 23.3. The molecule has 1 aromatic heterocycles. The number of nitrogens with zero attached hydrogens (tertiary/aromatic N) is 2. The third kappa shape index (κ3) is 4.17. The van der Waals surface area contributed by atoms with Crippen molar-refractivity contribution < 1.29 is 13.2 Å². The highest BCUT2D eigenvalue weighted by Crippen LogP contribution is 2.32. The Morgan fingerprint density at radius 1 is 0.788 bits per heavy atom. The van der Waals surface area contributed by atoms with Crippen LogP contribution in [0.1, 0.15) is 29.6 Å². The van der Waals surface area contributed by atoms with Crippen LogP contribution in [0.25, 0.3) is 22.0 Å². The molecule has 1 aliphatic heterocycles. The van der Waals surface area contributed by atoms with Crippen LogP contribution >= 0.6 is 0 Å². The van der Waals surface area contributed by atoms with E-state index in [2.05, 4.69) is 5.43 Å². The van der Waals surface area contributed by atoms with Crippen LogP contribution in [0.5, 0.6) is 0 Å². The van der Waals surface area contributed by atoms with E-state index in [1.807, 2.05) is 53.5 Å². The molecule has 0 saturated carbocycles. The van der Waals surface area contributed by atoms with Gasteiger partial charge in [-0.3, -0.25) is 10.2 Å². The second-order valence-corrected chi connectivity index (χ2v) is 10.1. The maximum Gasteiger partial charge on any atom is 0.268 e. The standard InChI is InChI=1S/C26H25N3O3S/c30-26(27-28-17-7-2-8-18-28)21-13-15-22(16-14-21)33(31,32)29-19-24(20-9-3-1-4-10-20)23-11-5-6-12-25(23)29/h1,3-6,9-16,19H,2,7-8,17-18H2,(H,27,30). The first-order valence-corrected chi connectivity index (χ1v) is 12.6. The first kappa shape index (κ1) is 21.4. The first-order chi connectivity index (χ1) is 16.0. The summed E-state index contributed by atoms with van der Waals surface area (Å²) < 4.78 is 28.4. The van der Waals surface area contributed by atoms with E-state index in [-0.39, 0.29) is 10.8 Å². The summed E-state index contributed by atoms with van der Waals surface area (Å²) >= 11 is 0. The Morgan fingerprint density at radius 3 is 2.18 bits per heavy atom. The fraction of sp³-hybridized carbons (Fsp3) is 0.192. The average Bonchev–Trinajstić information content (AvgIpc) is 3.26. The van der Waals surface area contributed by atoms with Gasteiger partial charge in [0.1, 0.15) is 0 Å². The van der Waals surface area contributed by atoms with Gasteiger partial charge in [-0.05, 0) is 48.7 Å². The molecule has 168 valence electrons. The molecule has 0 radical (unpaired) electrons. The maximum absolute atomic E-state index is 13.5. The van der Waals surface area contributed by atoms with E-state index < -0.39 is 10.0 Å². The van der Waals surface area contributed by atoms with Crippen molar-refractivity contribution >= 4 is 26.8 Å². The molecule has 1 fully saturated rings. The quantitative estimate of drug-likeness (QED) is 0.471. The highest BCUT2D eigenvalue weighted by Gasteiger charge is 2.22. The summed E-state index contributed by atoms with van der Waals surface area (Å²) in [6.07, 6.45) is 4.98. The number of amides is 1. The van der Waals surface area contributed by atoms with Gasteiger partial charge in [0, 0.05) is 35.8 Å². The summed E-state index contributed by atoms with van der Waals surface area (Å²) in [6.45, 7) is 1.67. The largest absolute Gasteiger partial charge is 0.285 e. The van der Waals surface area contributed by atoms with Crippen LogP contribution in [0.2, 0.25) is 0 Å². The third-order valence-electron chi connectivity index (χ3n) is 6.05. The van der Waals surface area contributed by atoms with Gasteiger partial charge in [0.2, 0.25) is 0 Å². The van der Waals surface area contributed by atoms with Crippen molar-refractivity contribution in [3.63, 3.8) is 0 Å². The van der Waals surface area contributed by atoms with Gasteiger partial charge < -0.3 is 0 Å². The van der Waals surface area contributed by atoms with Crippen LogP contribution in [0.3, 0.4) is 0 Å². The number of aromatic nitrogens is 1. The molecule has 0 spiro atoms. The minimum atomic E-state index is -3.85. The molecular weight excluding hydrogens is 434 g/mol. The minimum absolute atomic E-state index is 0.136. The number of hydrogen-bond donors (Lipinski definition) is 1. The molecular formula is C26H25N3O3S. The molecule has 0 unspecified atom stereocenters. The van der Waals surface area contributed by atoms with Gasteiger partial charge in [-0.2, -0.15) is 0 Å². The lowest BCUT2D eigenvalue weighted by Crippen LogP contribution is -2.45. The Kier molecular flexibility index (Phi) is 5.74. The van der Waals surface area contributed by atoms with Crippen molar-refractivity contribution in [2.45, 2.75) is 24.2 Å². The van der Waals surface area contributed by atoms with E-state index in [1.165, 1.54) is 22.5 Å². The number of benzene rings is 3. The van der Waals surface area contributed by atoms with Gasteiger partial charge in [0.15, 0.2) is 0 Å². The molecule has 0 bridgehead atoms. The fourth-order valence-corrected chi connectivity index (χ4v) is 5.67. The number of hydrogen-bond acceptors (Lipinski definition) is 4. The van der Waals surface area contributed by atoms with E-state index in [9.17, 15) is 13.2 Å². The summed E-state index contributed by atoms with van der Waals surface area (Å²) in [5.74, 6) is -0.223. The van der Waals surface area contributed by atoms with E-state index in [0.29, 0.717) is 11.1 Å². The van der Waals surface area contributed by atoms with Crippen molar-refractivity contribution in [1.29, 1.82) is 0 Å². The van der Waals surface area contributed by atoms with Crippen molar-refractivity contribution in [3.05, 3.63) is 90.6 Å². The maximum atomic E-state index is 13.5. The van der Waals surface area contributed by atoms with Crippen molar-refractivity contribution in [3.8, 4) is 11.1 Å². The summed E-state index contributed by atoms with van der Waals surface area (Å²) in [7, 11) is -3.85. The lowest BCUT2D eigenvalue weighted by molar-refractivity contribution is 0.0750. The predicted molar refractivity (Wildman–Crippen MR) is 129 cm³/mol. The summed E-state index contributed by atoms with van der Waals surface area (Å²) in [5, 5.41) is 2.79. The Morgan fingerprint density at radius 2 is 1.45 bits per heavy atom. The van der Waals surface area contributed by atoms with Crippen LogP contribution < -0.4 is 5.43 Å². The molecule has 6 nitrogen and oxygen atoms in total. The number of carbonyl (C=O) groups excluding carboxylic acids is 1. The van der Waals surface area contributed by atoms with Crippen molar-refractivity contribution in [1.82, 2.24) is 14.4 Å². The van der Waals surface area contributed by atoms with Gasteiger partial charge in [0.05, 0.1) is 10.4 Å². The Hall–Kier alpha value is -3.42. The van der Waals surface area contributed by atoms with Gasteiger partial charge in [-0.15, -0.1) is 0 Å². The lowest BCUT2D eigenvalue weighted by atomic mass is 10.1. The Balaban J connectivity index is 1.47. The molecule has 0 atom stereocenters. The third-order valence-corrected chi connectivity index (χ3v) is 7.74. The van der Waals surface area contributed by atoms with Gasteiger partial charge in [-0.1, -0.05) is 55.0 Å². The topological polar surface area (TPSA) is 71.4 Å². The van der Waals surface area contributed by atoms with Crippen molar-refractivity contribution in [2.24, 2.45) is 0 Å². The van der Waals surface area contributed by atoms with Crippen LogP contribution in [-0.4, -0.2) is 36.4 Å².